The van der Waals surface area contributed by atoms with E-state index in [4.69, 9.17) is 16.3 Å². The molecular weight excluding hydrogens is 390 g/mol. The van der Waals surface area contributed by atoms with Gasteiger partial charge in [0.25, 0.3) is 0 Å². The molecule has 2 aromatic rings. The molecule has 0 bridgehead atoms. The molecule has 154 valence electrons. The van der Waals surface area contributed by atoms with E-state index < -0.39 is 0 Å². The zero-order valence-corrected chi connectivity index (χ0v) is 17.3. The lowest BCUT2D eigenvalue weighted by Gasteiger charge is -2.34. The number of halogens is 1. The van der Waals surface area contributed by atoms with Gasteiger partial charge in [-0.1, -0.05) is 29.8 Å². The van der Waals surface area contributed by atoms with Crippen molar-refractivity contribution in [3.63, 3.8) is 0 Å². The average Bonchev–Trinajstić information content (AvgIpc) is 2.75. The van der Waals surface area contributed by atoms with Crippen LogP contribution in [0.1, 0.15) is 12.8 Å². The van der Waals surface area contributed by atoms with Crippen molar-refractivity contribution in [3.05, 3.63) is 59.6 Å². The first-order chi connectivity index (χ1) is 14.0. The molecule has 0 saturated carbocycles. The number of nitrogens with one attached hydrogen (secondary N) is 1. The monoisotopic (exact) mass is 415 g/mol. The Labute approximate surface area is 176 Å². The summed E-state index contributed by atoms with van der Waals surface area (Å²) in [6.07, 6.45) is 1.60. The highest BCUT2D eigenvalue weighted by Gasteiger charge is 2.30. The van der Waals surface area contributed by atoms with Gasteiger partial charge in [-0.25, -0.2) is 4.79 Å². The van der Waals surface area contributed by atoms with E-state index in [1.807, 2.05) is 30.3 Å². The predicted molar refractivity (Wildman–Crippen MR) is 114 cm³/mol. The Bertz CT molecular complexity index is 814. The Kier molecular flexibility index (Phi) is 7.36. The lowest BCUT2D eigenvalue weighted by atomic mass is 9.97. The summed E-state index contributed by atoms with van der Waals surface area (Å²) in [5, 5.41) is 3.54. The van der Waals surface area contributed by atoms with Crippen LogP contribution in [0.3, 0.4) is 0 Å². The summed E-state index contributed by atoms with van der Waals surface area (Å²) in [5.41, 5.74) is 0.752. The molecule has 3 rings (SSSR count). The van der Waals surface area contributed by atoms with Crippen LogP contribution in [0, 0.1) is 5.92 Å². The van der Waals surface area contributed by atoms with Crippen molar-refractivity contribution in [1.29, 1.82) is 0 Å². The van der Waals surface area contributed by atoms with E-state index in [-0.39, 0.29) is 17.9 Å². The number of para-hydroxylation sites is 1. The quantitative estimate of drug-likeness (QED) is 0.771. The third-order valence-electron chi connectivity index (χ3n) is 4.97. The number of carbonyl (C=O) groups is 2. The molecule has 1 atom stereocenters. The minimum Gasteiger partial charge on any atom is -0.492 e. The number of anilines is 1. The fraction of sp³-hybridized carbons (Fsp3) is 0.364. The molecule has 0 aliphatic carbocycles. The van der Waals surface area contributed by atoms with Gasteiger partial charge in [0.2, 0.25) is 5.91 Å². The van der Waals surface area contributed by atoms with E-state index in [2.05, 4.69) is 5.32 Å². The van der Waals surface area contributed by atoms with Gasteiger partial charge in [-0.15, -0.1) is 0 Å². The first-order valence-electron chi connectivity index (χ1n) is 9.77. The number of likely N-dealkylation sites (N-methyl/N-ethyl adjacent to an activating group) is 1. The summed E-state index contributed by atoms with van der Waals surface area (Å²) in [7, 11) is 1.77. The number of nitrogens with zero attached hydrogens (tertiary/aromatic N) is 2. The van der Waals surface area contributed by atoms with E-state index in [0.29, 0.717) is 31.3 Å². The van der Waals surface area contributed by atoms with Crippen molar-refractivity contribution in [2.75, 3.05) is 38.6 Å². The van der Waals surface area contributed by atoms with Gasteiger partial charge in [0.1, 0.15) is 12.4 Å². The van der Waals surface area contributed by atoms with E-state index in [1.165, 1.54) is 0 Å². The van der Waals surface area contributed by atoms with Crippen LogP contribution in [0.2, 0.25) is 5.02 Å². The van der Waals surface area contributed by atoms with Crippen molar-refractivity contribution in [1.82, 2.24) is 9.80 Å². The third-order valence-corrected chi connectivity index (χ3v) is 5.22. The normalized spacial score (nSPS) is 16.2. The molecular formula is C22H26ClN3O3. The zero-order chi connectivity index (χ0) is 20.6. The molecule has 1 saturated heterocycles. The van der Waals surface area contributed by atoms with E-state index in [9.17, 15) is 9.59 Å². The maximum absolute atomic E-state index is 12.8. The molecule has 7 heteroatoms. The second kappa shape index (κ2) is 10.2. The van der Waals surface area contributed by atoms with Crippen LogP contribution < -0.4 is 10.1 Å². The topological polar surface area (TPSA) is 61.9 Å². The van der Waals surface area contributed by atoms with Gasteiger partial charge in [-0.05, 0) is 49.2 Å². The zero-order valence-electron chi connectivity index (χ0n) is 16.5. The number of likely N-dealkylation sites (tertiary alicyclic amines) is 1. The molecule has 1 heterocycles. The second-order valence-corrected chi connectivity index (χ2v) is 7.58. The first-order valence-corrected chi connectivity index (χ1v) is 10.1. The smallest absolute Gasteiger partial charge is 0.321 e. The largest absolute Gasteiger partial charge is 0.492 e. The van der Waals surface area contributed by atoms with Gasteiger partial charge < -0.3 is 19.9 Å². The number of amides is 3. The lowest BCUT2D eigenvalue weighted by molar-refractivity contribution is -0.135. The van der Waals surface area contributed by atoms with Gasteiger partial charge in [-0.3, -0.25) is 4.79 Å². The summed E-state index contributed by atoms with van der Waals surface area (Å²) in [6.45, 7) is 1.97. The van der Waals surface area contributed by atoms with Crippen molar-refractivity contribution >= 4 is 29.2 Å². The number of rotatable bonds is 6. The molecule has 3 amide bonds. The van der Waals surface area contributed by atoms with Gasteiger partial charge in [0.15, 0.2) is 0 Å². The van der Waals surface area contributed by atoms with Crippen molar-refractivity contribution < 1.29 is 14.3 Å². The summed E-state index contributed by atoms with van der Waals surface area (Å²) in [6, 6.07) is 16.3. The molecule has 1 aliphatic heterocycles. The Balaban J connectivity index is 1.46. The highest BCUT2D eigenvalue weighted by atomic mass is 35.5. The van der Waals surface area contributed by atoms with Crippen LogP contribution >= 0.6 is 11.6 Å². The molecule has 0 aromatic heterocycles. The number of carbonyl (C=O) groups excluding carboxylic acids is 2. The standard InChI is InChI=1S/C22H26ClN3O3/c1-25(14-15-29-20-11-9-18(23)10-12-20)21(27)17-6-5-13-26(16-17)22(28)24-19-7-3-2-4-8-19/h2-4,7-12,17H,5-6,13-16H2,1H3,(H,24,28). The van der Waals surface area contributed by atoms with Crippen molar-refractivity contribution in [2.45, 2.75) is 12.8 Å². The Morgan fingerprint density at radius 2 is 1.90 bits per heavy atom. The van der Waals surface area contributed by atoms with Crippen molar-refractivity contribution in [2.24, 2.45) is 5.92 Å². The summed E-state index contributed by atoms with van der Waals surface area (Å²) in [5.74, 6) is 0.574. The van der Waals surface area contributed by atoms with E-state index in [1.54, 1.807) is 41.1 Å². The fourth-order valence-corrected chi connectivity index (χ4v) is 3.47. The molecule has 6 nitrogen and oxygen atoms in total. The summed E-state index contributed by atoms with van der Waals surface area (Å²) >= 11 is 5.86. The molecule has 1 fully saturated rings. The predicted octanol–water partition coefficient (Wildman–Crippen LogP) is 4.12. The molecule has 2 aromatic carbocycles. The number of piperidine rings is 1. The SMILES string of the molecule is CN(CCOc1ccc(Cl)cc1)C(=O)C1CCCN(C(=O)Nc2ccccc2)C1. The molecule has 0 spiro atoms. The van der Waals surface area contributed by atoms with Gasteiger partial charge in [0.05, 0.1) is 12.5 Å². The van der Waals surface area contributed by atoms with E-state index >= 15 is 0 Å². The molecule has 1 unspecified atom stereocenters. The maximum atomic E-state index is 12.8. The van der Waals surface area contributed by atoms with Crippen LogP contribution in [0.25, 0.3) is 0 Å². The molecule has 1 N–H and O–H groups in total. The lowest BCUT2D eigenvalue weighted by Crippen LogP contribution is -2.47. The first kappa shape index (κ1) is 21.0. The fourth-order valence-electron chi connectivity index (χ4n) is 3.34. The Morgan fingerprint density at radius 3 is 2.62 bits per heavy atom. The molecule has 29 heavy (non-hydrogen) atoms. The second-order valence-electron chi connectivity index (χ2n) is 7.14. The molecule has 1 aliphatic rings. The van der Waals surface area contributed by atoms with Crippen LogP contribution in [0.15, 0.2) is 54.6 Å². The highest BCUT2D eigenvalue weighted by molar-refractivity contribution is 6.30. The van der Waals surface area contributed by atoms with Crippen LogP contribution in [-0.4, -0.2) is 55.0 Å². The van der Waals surface area contributed by atoms with Crippen LogP contribution in [0.5, 0.6) is 5.75 Å². The number of hydrogen-bond acceptors (Lipinski definition) is 3. The number of ether oxygens (including phenoxy) is 1. The number of hydrogen-bond donors (Lipinski definition) is 1. The van der Waals surface area contributed by atoms with Gasteiger partial charge in [-0.2, -0.15) is 0 Å². The van der Waals surface area contributed by atoms with Crippen LogP contribution in [-0.2, 0) is 4.79 Å². The third kappa shape index (κ3) is 6.12. The Hall–Kier alpha value is -2.73. The minimum absolute atomic E-state index is 0.0434. The maximum Gasteiger partial charge on any atom is 0.321 e. The van der Waals surface area contributed by atoms with E-state index in [0.717, 1.165) is 24.3 Å². The Morgan fingerprint density at radius 1 is 1.17 bits per heavy atom. The van der Waals surface area contributed by atoms with Crippen LogP contribution in [0.4, 0.5) is 10.5 Å². The van der Waals surface area contributed by atoms with Gasteiger partial charge in [0, 0.05) is 30.8 Å². The highest BCUT2D eigenvalue weighted by Crippen LogP contribution is 2.20. The minimum atomic E-state index is -0.189. The van der Waals surface area contributed by atoms with Gasteiger partial charge >= 0.3 is 6.03 Å². The number of urea groups is 1. The molecule has 0 radical (unpaired) electrons. The summed E-state index contributed by atoms with van der Waals surface area (Å²) < 4.78 is 5.67. The number of benzene rings is 2. The summed E-state index contributed by atoms with van der Waals surface area (Å²) in [4.78, 5) is 28.7. The van der Waals surface area contributed by atoms with Crippen molar-refractivity contribution in [3.8, 4) is 5.75 Å². The average molecular weight is 416 g/mol.